The van der Waals surface area contributed by atoms with E-state index in [1.165, 1.54) is 12.3 Å². The molecule has 0 aliphatic heterocycles. The minimum atomic E-state index is -4.75. The van der Waals surface area contributed by atoms with Crippen LogP contribution < -0.4 is 4.74 Å². The molecule has 0 atom stereocenters. The summed E-state index contributed by atoms with van der Waals surface area (Å²) >= 11 is 6.00. The summed E-state index contributed by atoms with van der Waals surface area (Å²) in [5.74, 6) is -0.118. The Bertz CT molecular complexity index is 845. The lowest BCUT2D eigenvalue weighted by Crippen LogP contribution is -2.18. The predicted molar refractivity (Wildman–Crippen MR) is 101 cm³/mol. The Morgan fingerprint density at radius 3 is 2.37 bits per heavy atom. The maximum Gasteiger partial charge on any atom is 0.422 e. The average Bonchev–Trinajstić information content (AvgIpc) is 2.62. The van der Waals surface area contributed by atoms with Crippen LogP contribution in [0.1, 0.15) is 26.0 Å². The van der Waals surface area contributed by atoms with E-state index in [0.29, 0.717) is 12.1 Å². The minimum absolute atomic E-state index is 0.262. The fraction of sp³-hybridized carbons (Fsp3) is 0.200. The molecule has 0 spiro atoms. The van der Waals surface area contributed by atoms with E-state index < -0.39 is 22.7 Å². The molecule has 0 saturated carbocycles. The van der Waals surface area contributed by atoms with Gasteiger partial charge in [-0.1, -0.05) is 42.8 Å². The van der Waals surface area contributed by atoms with Crippen molar-refractivity contribution in [3.8, 4) is 5.75 Å². The summed E-state index contributed by atoms with van der Waals surface area (Å²) in [5, 5.41) is -0.707. The van der Waals surface area contributed by atoms with Gasteiger partial charge in [0.2, 0.25) is 0 Å². The first kappa shape index (κ1) is 20.7. The van der Waals surface area contributed by atoms with Crippen molar-refractivity contribution in [1.82, 2.24) is 4.98 Å². The van der Waals surface area contributed by atoms with Gasteiger partial charge < -0.3 is 4.74 Å². The van der Waals surface area contributed by atoms with E-state index in [2.05, 4.69) is 9.98 Å². The van der Waals surface area contributed by atoms with E-state index in [-0.39, 0.29) is 11.5 Å². The molecule has 27 heavy (non-hydrogen) atoms. The number of hydrogen-bond donors (Lipinski definition) is 0. The lowest BCUT2D eigenvalue weighted by atomic mass is 10.2. The highest BCUT2D eigenvalue weighted by Gasteiger charge is 2.40. The van der Waals surface area contributed by atoms with Gasteiger partial charge in [-0.25, -0.2) is 4.99 Å². The second-order valence-electron chi connectivity index (χ2n) is 5.47. The van der Waals surface area contributed by atoms with Crippen LogP contribution in [-0.2, 0) is 0 Å². The Morgan fingerprint density at radius 1 is 1.15 bits per heavy atom. The topological polar surface area (TPSA) is 34.5 Å². The third-order valence-electron chi connectivity index (χ3n) is 3.40. The molecule has 1 aromatic carbocycles. The Hall–Kier alpha value is -2.60. The minimum Gasteiger partial charge on any atom is -0.457 e. The zero-order valence-electron chi connectivity index (χ0n) is 14.8. The molecule has 1 aromatic heterocycles. The molecule has 142 valence electrons. The molecule has 2 rings (SSSR count). The zero-order chi connectivity index (χ0) is 19.9. The Kier molecular flexibility index (Phi) is 7.19. The predicted octanol–water partition coefficient (Wildman–Crippen LogP) is 6.28. The van der Waals surface area contributed by atoms with Crippen LogP contribution >= 0.6 is 11.6 Å². The van der Waals surface area contributed by atoms with Gasteiger partial charge in [-0.2, -0.15) is 13.2 Å². The van der Waals surface area contributed by atoms with Gasteiger partial charge in [0.25, 0.3) is 0 Å². The second kappa shape index (κ2) is 9.37. The summed E-state index contributed by atoms with van der Waals surface area (Å²) in [6, 6.07) is 13.3. The van der Waals surface area contributed by atoms with E-state index >= 15 is 0 Å². The number of ether oxygens (including phenoxy) is 1. The number of benzene rings is 1. The number of allylic oxidation sites excluding steroid dienone is 2. The monoisotopic (exact) mass is 394 g/mol. The first-order valence-corrected chi connectivity index (χ1v) is 8.57. The van der Waals surface area contributed by atoms with Crippen LogP contribution in [0.3, 0.4) is 0 Å². The molecule has 1 heterocycles. The second-order valence-corrected chi connectivity index (χ2v) is 5.83. The van der Waals surface area contributed by atoms with Crippen LogP contribution in [0.4, 0.5) is 13.2 Å². The highest BCUT2D eigenvalue weighted by atomic mass is 35.5. The molecule has 0 radical (unpaired) electrons. The molecule has 0 unspecified atom stereocenters. The van der Waals surface area contributed by atoms with Crippen molar-refractivity contribution in [1.29, 1.82) is 0 Å². The van der Waals surface area contributed by atoms with Crippen LogP contribution in [0.5, 0.6) is 5.75 Å². The molecule has 7 heteroatoms. The van der Waals surface area contributed by atoms with E-state index in [4.69, 9.17) is 16.3 Å². The highest BCUT2D eigenvalue weighted by molar-refractivity contribution is 6.31. The zero-order valence-corrected chi connectivity index (χ0v) is 15.6. The maximum absolute atomic E-state index is 13.8. The largest absolute Gasteiger partial charge is 0.457 e. The van der Waals surface area contributed by atoms with Gasteiger partial charge in [-0.15, -0.1) is 0 Å². The quantitative estimate of drug-likeness (QED) is 0.250. The molecule has 3 nitrogen and oxygen atoms in total. The molecule has 0 saturated heterocycles. The number of pyridine rings is 1. The summed E-state index contributed by atoms with van der Waals surface area (Å²) in [7, 11) is 0. The van der Waals surface area contributed by atoms with Crippen molar-refractivity contribution in [2.45, 2.75) is 26.4 Å². The summed E-state index contributed by atoms with van der Waals surface area (Å²) in [4.78, 5) is 7.98. The molecule has 0 N–H and O–H groups in total. The van der Waals surface area contributed by atoms with E-state index in [1.54, 1.807) is 62.4 Å². The number of nitrogens with zero attached hydrogens (tertiary/aromatic N) is 2. The summed E-state index contributed by atoms with van der Waals surface area (Å²) < 4.78 is 46.7. The molecular formula is C20H18ClF3N2O. The number of hydrogen-bond acceptors (Lipinski definition) is 3. The fourth-order valence-corrected chi connectivity index (χ4v) is 2.52. The Morgan fingerprint density at radius 2 is 1.81 bits per heavy atom. The third kappa shape index (κ3) is 5.96. The van der Waals surface area contributed by atoms with Crippen LogP contribution in [0.2, 0.25) is 0 Å². The SMILES string of the molecule is CC/C=C(Oc1ccccc1)/C(=C(Cl)\N=C(/C)c1ccccn1)C(F)(F)F. The Labute approximate surface area is 160 Å². The highest BCUT2D eigenvalue weighted by Crippen LogP contribution is 2.37. The van der Waals surface area contributed by atoms with Gasteiger partial charge >= 0.3 is 6.18 Å². The van der Waals surface area contributed by atoms with E-state index in [0.717, 1.165) is 0 Å². The van der Waals surface area contributed by atoms with Gasteiger partial charge in [0.1, 0.15) is 22.2 Å². The van der Waals surface area contributed by atoms with Crippen molar-refractivity contribution < 1.29 is 17.9 Å². The normalized spacial score (nSPS) is 14.0. The van der Waals surface area contributed by atoms with Crippen molar-refractivity contribution >= 4 is 17.3 Å². The standard InChI is InChI=1S/C20H18ClF3N2O/c1-3-9-17(27-15-10-5-4-6-11-15)18(20(22,23)24)19(21)26-14(2)16-12-7-8-13-25-16/h4-13H,3H2,1-2H3/b17-9-,19-18+,26-14+. The number of rotatable bonds is 6. The van der Waals surface area contributed by atoms with Gasteiger partial charge in [0.05, 0.1) is 11.4 Å². The van der Waals surface area contributed by atoms with Crippen LogP contribution in [-0.4, -0.2) is 16.9 Å². The lowest BCUT2D eigenvalue weighted by molar-refractivity contribution is -0.0924. The van der Waals surface area contributed by atoms with E-state index in [9.17, 15) is 13.2 Å². The summed E-state index contributed by atoms with van der Waals surface area (Å²) in [6.45, 7) is 3.25. The number of halogens is 4. The van der Waals surface area contributed by atoms with Crippen molar-refractivity contribution in [3.05, 3.63) is 83.0 Å². The van der Waals surface area contributed by atoms with Crippen molar-refractivity contribution in [3.63, 3.8) is 0 Å². The van der Waals surface area contributed by atoms with Crippen LogP contribution in [0, 0.1) is 0 Å². The lowest BCUT2D eigenvalue weighted by Gasteiger charge is -2.17. The van der Waals surface area contributed by atoms with Crippen molar-refractivity contribution in [2.75, 3.05) is 0 Å². The first-order chi connectivity index (χ1) is 12.8. The van der Waals surface area contributed by atoms with Gasteiger partial charge in [0, 0.05) is 6.20 Å². The third-order valence-corrected chi connectivity index (χ3v) is 3.67. The van der Waals surface area contributed by atoms with Gasteiger partial charge in [-0.3, -0.25) is 4.98 Å². The smallest absolute Gasteiger partial charge is 0.422 e. The number of aromatic nitrogens is 1. The molecular weight excluding hydrogens is 377 g/mol. The van der Waals surface area contributed by atoms with E-state index in [1.807, 2.05) is 0 Å². The van der Waals surface area contributed by atoms with Crippen LogP contribution in [0.25, 0.3) is 0 Å². The maximum atomic E-state index is 13.8. The Balaban J connectivity index is 2.51. The molecule has 0 bridgehead atoms. The molecule has 0 aliphatic carbocycles. The molecule has 0 amide bonds. The molecule has 0 fully saturated rings. The average molecular weight is 395 g/mol. The van der Waals surface area contributed by atoms with Crippen LogP contribution in [0.15, 0.2) is 82.3 Å². The van der Waals surface area contributed by atoms with Crippen molar-refractivity contribution in [2.24, 2.45) is 4.99 Å². The first-order valence-electron chi connectivity index (χ1n) is 8.20. The number of alkyl halides is 3. The molecule has 0 aliphatic rings. The molecule has 2 aromatic rings. The summed E-state index contributed by atoms with van der Waals surface area (Å²) in [6.07, 6.45) is -1.57. The summed E-state index contributed by atoms with van der Waals surface area (Å²) in [5.41, 5.74) is -0.440. The van der Waals surface area contributed by atoms with Gasteiger partial charge in [-0.05, 0) is 43.7 Å². The fourth-order valence-electron chi connectivity index (χ4n) is 2.19. The number of para-hydroxylation sites is 1. The number of aliphatic imine (C=N–C) groups is 1. The van der Waals surface area contributed by atoms with Gasteiger partial charge in [0.15, 0.2) is 0 Å².